The van der Waals surface area contributed by atoms with Crippen LogP contribution in [0, 0.1) is 5.82 Å². The van der Waals surface area contributed by atoms with Gasteiger partial charge in [-0.3, -0.25) is 9.59 Å². The molecule has 0 aliphatic carbocycles. The normalized spacial score (nSPS) is 12.4. The fourth-order valence-corrected chi connectivity index (χ4v) is 4.06. The highest BCUT2D eigenvalue weighted by molar-refractivity contribution is 7.99. The number of amides is 2. The standard InChI is InChI=1S/C23H27Cl2FN2O2S/c1-15(22(30)27-23(2,3)4)28(12-16-9-10-18(24)19(25)11-16)21(29)14-31-13-17-7-5-6-8-20(17)26/h5-11,15H,12-14H2,1-4H3,(H,27,30). The summed E-state index contributed by atoms with van der Waals surface area (Å²) < 4.78 is 13.8. The van der Waals surface area contributed by atoms with Crippen molar-refractivity contribution >= 4 is 46.8 Å². The molecule has 1 N–H and O–H groups in total. The van der Waals surface area contributed by atoms with E-state index in [2.05, 4.69) is 5.32 Å². The number of carbonyl (C=O) groups is 2. The molecule has 2 amide bonds. The first kappa shape index (κ1) is 25.5. The molecule has 8 heteroatoms. The van der Waals surface area contributed by atoms with Gasteiger partial charge in [0.1, 0.15) is 11.9 Å². The van der Waals surface area contributed by atoms with E-state index < -0.39 is 11.6 Å². The topological polar surface area (TPSA) is 49.4 Å². The molecule has 2 aromatic rings. The number of rotatable bonds is 8. The number of thioether (sulfide) groups is 1. The van der Waals surface area contributed by atoms with E-state index in [9.17, 15) is 14.0 Å². The first-order valence-electron chi connectivity index (χ1n) is 9.84. The Labute approximate surface area is 197 Å². The van der Waals surface area contributed by atoms with Crippen LogP contribution in [0.2, 0.25) is 10.0 Å². The van der Waals surface area contributed by atoms with Gasteiger partial charge in [0, 0.05) is 17.8 Å². The number of carbonyl (C=O) groups excluding carboxylic acids is 2. The Balaban J connectivity index is 2.14. The lowest BCUT2D eigenvalue weighted by molar-refractivity contribution is -0.139. The molecule has 2 aromatic carbocycles. The maximum atomic E-state index is 13.8. The van der Waals surface area contributed by atoms with Crippen LogP contribution in [-0.2, 0) is 21.9 Å². The van der Waals surface area contributed by atoms with Crippen LogP contribution in [0.3, 0.4) is 0 Å². The predicted molar refractivity (Wildman–Crippen MR) is 127 cm³/mol. The zero-order valence-corrected chi connectivity index (χ0v) is 20.4. The van der Waals surface area contributed by atoms with E-state index in [0.717, 1.165) is 5.56 Å². The molecular formula is C23H27Cl2FN2O2S. The van der Waals surface area contributed by atoms with E-state index in [1.54, 1.807) is 43.3 Å². The zero-order chi connectivity index (χ0) is 23.2. The second-order valence-electron chi connectivity index (χ2n) is 8.27. The highest BCUT2D eigenvalue weighted by Crippen LogP contribution is 2.24. The van der Waals surface area contributed by atoms with Crippen LogP contribution >= 0.6 is 35.0 Å². The third kappa shape index (κ3) is 8.02. The summed E-state index contributed by atoms with van der Waals surface area (Å²) in [6, 6.07) is 10.9. The average molecular weight is 485 g/mol. The average Bonchev–Trinajstić information content (AvgIpc) is 2.68. The second-order valence-corrected chi connectivity index (χ2v) is 10.1. The molecule has 0 spiro atoms. The van der Waals surface area contributed by atoms with Gasteiger partial charge >= 0.3 is 0 Å². The lowest BCUT2D eigenvalue weighted by atomic mass is 10.1. The summed E-state index contributed by atoms with van der Waals surface area (Å²) in [6.45, 7) is 7.54. The van der Waals surface area contributed by atoms with Gasteiger partial charge in [-0.25, -0.2) is 4.39 Å². The molecule has 0 heterocycles. The summed E-state index contributed by atoms with van der Waals surface area (Å²) in [7, 11) is 0. The Morgan fingerprint density at radius 1 is 1.13 bits per heavy atom. The predicted octanol–water partition coefficient (Wildman–Crippen LogP) is 5.70. The first-order valence-corrected chi connectivity index (χ1v) is 11.8. The number of benzene rings is 2. The van der Waals surface area contributed by atoms with Gasteiger partial charge in [-0.2, -0.15) is 0 Å². The minimum Gasteiger partial charge on any atom is -0.350 e. The van der Waals surface area contributed by atoms with Crippen LogP contribution in [0.1, 0.15) is 38.8 Å². The number of nitrogens with zero attached hydrogens (tertiary/aromatic N) is 1. The summed E-state index contributed by atoms with van der Waals surface area (Å²) in [5, 5.41) is 3.71. The third-order valence-electron chi connectivity index (χ3n) is 4.44. The number of halogens is 3. The van der Waals surface area contributed by atoms with Crippen LogP contribution < -0.4 is 5.32 Å². The van der Waals surface area contributed by atoms with Crippen LogP contribution in [0.5, 0.6) is 0 Å². The summed E-state index contributed by atoms with van der Waals surface area (Å²) in [5.41, 5.74) is 0.871. The Morgan fingerprint density at radius 3 is 2.42 bits per heavy atom. The summed E-state index contributed by atoms with van der Waals surface area (Å²) >= 11 is 13.4. The molecule has 0 aliphatic rings. The van der Waals surface area contributed by atoms with Crippen molar-refractivity contribution in [3.05, 3.63) is 69.5 Å². The van der Waals surface area contributed by atoms with Crippen LogP contribution in [0.15, 0.2) is 42.5 Å². The van der Waals surface area contributed by atoms with Crippen molar-refractivity contribution in [1.29, 1.82) is 0 Å². The summed E-state index contributed by atoms with van der Waals surface area (Å²) in [6.07, 6.45) is 0. The van der Waals surface area contributed by atoms with Crippen LogP contribution in [-0.4, -0.2) is 34.0 Å². The lowest BCUT2D eigenvalue weighted by Gasteiger charge is -2.31. The monoisotopic (exact) mass is 484 g/mol. The van der Waals surface area contributed by atoms with Gasteiger partial charge in [-0.15, -0.1) is 11.8 Å². The smallest absolute Gasteiger partial charge is 0.242 e. The van der Waals surface area contributed by atoms with Gasteiger partial charge in [0.15, 0.2) is 0 Å². The molecule has 31 heavy (non-hydrogen) atoms. The molecule has 1 atom stereocenters. The molecule has 0 bridgehead atoms. The Kier molecular flexibility index (Phi) is 9.22. The van der Waals surface area contributed by atoms with E-state index in [1.807, 2.05) is 20.8 Å². The Hall–Kier alpha value is -1.76. The van der Waals surface area contributed by atoms with Gasteiger partial charge in [0.05, 0.1) is 15.8 Å². The molecule has 0 fully saturated rings. The van der Waals surface area contributed by atoms with E-state index in [4.69, 9.17) is 23.2 Å². The van der Waals surface area contributed by atoms with Crippen molar-refractivity contribution in [3.63, 3.8) is 0 Å². The molecule has 0 saturated carbocycles. The van der Waals surface area contributed by atoms with Crippen molar-refractivity contribution in [2.24, 2.45) is 0 Å². The quantitative estimate of drug-likeness (QED) is 0.522. The van der Waals surface area contributed by atoms with Crippen molar-refractivity contribution in [3.8, 4) is 0 Å². The molecule has 1 unspecified atom stereocenters. The first-order chi connectivity index (χ1) is 14.5. The van der Waals surface area contributed by atoms with Gasteiger partial charge in [-0.05, 0) is 57.0 Å². The van der Waals surface area contributed by atoms with Crippen molar-refractivity contribution in [2.45, 2.75) is 51.6 Å². The van der Waals surface area contributed by atoms with E-state index in [0.29, 0.717) is 21.4 Å². The second kappa shape index (κ2) is 11.2. The van der Waals surface area contributed by atoms with Gasteiger partial charge in [0.2, 0.25) is 11.8 Å². The summed E-state index contributed by atoms with van der Waals surface area (Å²) in [5.74, 6) is -0.290. The van der Waals surface area contributed by atoms with E-state index >= 15 is 0 Å². The zero-order valence-electron chi connectivity index (χ0n) is 18.0. The van der Waals surface area contributed by atoms with Crippen LogP contribution in [0.4, 0.5) is 4.39 Å². The fourth-order valence-electron chi connectivity index (χ4n) is 2.84. The number of nitrogens with one attached hydrogen (secondary N) is 1. The van der Waals surface area contributed by atoms with Crippen LogP contribution in [0.25, 0.3) is 0 Å². The number of hydrogen-bond donors (Lipinski definition) is 1. The SMILES string of the molecule is CC(C(=O)NC(C)(C)C)N(Cc1ccc(Cl)c(Cl)c1)C(=O)CSCc1ccccc1F. The highest BCUT2D eigenvalue weighted by Gasteiger charge is 2.28. The maximum Gasteiger partial charge on any atom is 0.242 e. The molecule has 2 rings (SSSR count). The Morgan fingerprint density at radius 2 is 1.81 bits per heavy atom. The minimum atomic E-state index is -0.699. The maximum absolute atomic E-state index is 13.8. The van der Waals surface area contributed by atoms with E-state index in [1.165, 1.54) is 22.7 Å². The van der Waals surface area contributed by atoms with Crippen molar-refractivity contribution < 1.29 is 14.0 Å². The molecule has 4 nitrogen and oxygen atoms in total. The fraction of sp³-hybridized carbons (Fsp3) is 0.391. The molecule has 0 aliphatic heterocycles. The minimum absolute atomic E-state index is 0.114. The molecular weight excluding hydrogens is 458 g/mol. The van der Waals surface area contributed by atoms with E-state index in [-0.39, 0.29) is 29.9 Å². The Bertz CT molecular complexity index is 934. The largest absolute Gasteiger partial charge is 0.350 e. The highest BCUT2D eigenvalue weighted by atomic mass is 35.5. The van der Waals surface area contributed by atoms with Crippen molar-refractivity contribution in [1.82, 2.24) is 10.2 Å². The van der Waals surface area contributed by atoms with Gasteiger partial charge in [0.25, 0.3) is 0 Å². The third-order valence-corrected chi connectivity index (χ3v) is 6.15. The molecule has 0 aromatic heterocycles. The molecule has 0 saturated heterocycles. The summed E-state index contributed by atoms with van der Waals surface area (Å²) in [4.78, 5) is 27.3. The molecule has 0 radical (unpaired) electrons. The van der Waals surface area contributed by atoms with Crippen molar-refractivity contribution in [2.75, 3.05) is 5.75 Å². The van der Waals surface area contributed by atoms with Gasteiger partial charge in [-0.1, -0.05) is 47.5 Å². The van der Waals surface area contributed by atoms with Gasteiger partial charge < -0.3 is 10.2 Å². The molecule has 168 valence electrons. The lowest BCUT2D eigenvalue weighted by Crippen LogP contribution is -2.52. The number of hydrogen-bond acceptors (Lipinski definition) is 3.